The number of nitrogens with zero attached hydrogens (tertiary/aromatic N) is 5. The largest absolute Gasteiger partial charge is 0.467 e. The normalized spacial score (nSPS) is 11.8. The minimum atomic E-state index is -0.407. The van der Waals surface area contributed by atoms with E-state index in [1.807, 2.05) is 35.0 Å². The molecule has 0 N–H and O–H groups in total. The molecule has 0 aliphatic heterocycles. The number of benzene rings is 2. The van der Waals surface area contributed by atoms with Gasteiger partial charge in [-0.05, 0) is 29.0 Å². The van der Waals surface area contributed by atoms with Crippen LogP contribution >= 0.6 is 0 Å². The van der Waals surface area contributed by atoms with E-state index in [0.717, 1.165) is 32.4 Å². The first-order valence-electron chi connectivity index (χ1n) is 10.2. The van der Waals surface area contributed by atoms with E-state index in [1.165, 1.54) is 11.6 Å². The van der Waals surface area contributed by atoms with Crippen molar-refractivity contribution in [1.29, 1.82) is 0 Å². The number of rotatable bonds is 3. The van der Waals surface area contributed by atoms with E-state index in [1.54, 1.807) is 17.7 Å². The maximum absolute atomic E-state index is 13.0. The van der Waals surface area contributed by atoms with Crippen LogP contribution in [-0.2, 0) is 20.6 Å². The number of furan rings is 1. The first-order chi connectivity index (χ1) is 15.5. The first kappa shape index (κ1) is 18.4. The number of hydrogen-bond acceptors (Lipinski definition) is 4. The van der Waals surface area contributed by atoms with Crippen LogP contribution in [0.25, 0.3) is 39.0 Å². The molecule has 0 radical (unpaired) electrons. The Balaban J connectivity index is 1.70. The lowest BCUT2D eigenvalue weighted by Gasteiger charge is -2.09. The molecular formula is C24H19N5O3. The fourth-order valence-electron chi connectivity index (χ4n) is 4.31. The van der Waals surface area contributed by atoms with Crippen LogP contribution in [0.1, 0.15) is 5.76 Å². The van der Waals surface area contributed by atoms with Gasteiger partial charge in [-0.15, -0.1) is 0 Å². The van der Waals surface area contributed by atoms with E-state index in [2.05, 4.69) is 30.3 Å². The fraction of sp³-hybridized carbons (Fsp3) is 0.125. The number of imidazole rings is 2. The van der Waals surface area contributed by atoms with E-state index in [4.69, 9.17) is 9.40 Å². The molecule has 0 saturated carbocycles. The van der Waals surface area contributed by atoms with Gasteiger partial charge >= 0.3 is 5.69 Å². The van der Waals surface area contributed by atoms with Crippen LogP contribution < -0.4 is 11.2 Å². The second kappa shape index (κ2) is 6.58. The summed E-state index contributed by atoms with van der Waals surface area (Å²) in [7, 11) is 3.10. The van der Waals surface area contributed by atoms with Crippen molar-refractivity contribution >= 4 is 27.7 Å². The molecule has 0 amide bonds. The van der Waals surface area contributed by atoms with Crippen molar-refractivity contribution in [3.8, 4) is 11.3 Å². The molecule has 4 heterocycles. The van der Waals surface area contributed by atoms with Gasteiger partial charge in [0.15, 0.2) is 11.2 Å². The monoisotopic (exact) mass is 425 g/mol. The average molecular weight is 425 g/mol. The summed E-state index contributed by atoms with van der Waals surface area (Å²) in [4.78, 5) is 30.1. The van der Waals surface area contributed by atoms with E-state index < -0.39 is 5.69 Å². The van der Waals surface area contributed by atoms with Gasteiger partial charge in [0.2, 0.25) is 5.78 Å². The van der Waals surface area contributed by atoms with Crippen LogP contribution in [0.3, 0.4) is 0 Å². The summed E-state index contributed by atoms with van der Waals surface area (Å²) in [6.45, 7) is 0.434. The Morgan fingerprint density at radius 2 is 1.75 bits per heavy atom. The van der Waals surface area contributed by atoms with Crippen LogP contribution in [0.5, 0.6) is 0 Å². The van der Waals surface area contributed by atoms with Crippen LogP contribution in [0, 0.1) is 0 Å². The van der Waals surface area contributed by atoms with Crippen molar-refractivity contribution in [2.75, 3.05) is 0 Å². The third-order valence-electron chi connectivity index (χ3n) is 6.00. The zero-order valence-corrected chi connectivity index (χ0v) is 17.5. The SMILES string of the molecule is Cn1c(=O)c2c(nc3n(Cc4ccco4)c(-c4ccc5ccccc5c4)cn23)n(C)c1=O. The number of aromatic nitrogens is 5. The molecule has 8 nitrogen and oxygen atoms in total. The minimum Gasteiger partial charge on any atom is -0.467 e. The lowest BCUT2D eigenvalue weighted by molar-refractivity contribution is 0.497. The van der Waals surface area contributed by atoms with Gasteiger partial charge in [-0.1, -0.05) is 36.4 Å². The van der Waals surface area contributed by atoms with Crippen molar-refractivity contribution in [2.24, 2.45) is 14.1 Å². The third kappa shape index (κ3) is 2.52. The van der Waals surface area contributed by atoms with Crippen molar-refractivity contribution in [3.05, 3.63) is 93.7 Å². The quantitative estimate of drug-likeness (QED) is 0.436. The van der Waals surface area contributed by atoms with Gasteiger partial charge in [-0.2, -0.15) is 4.98 Å². The molecule has 0 saturated heterocycles. The summed E-state index contributed by atoms with van der Waals surface area (Å²) in [6, 6.07) is 18.2. The second-order valence-electron chi connectivity index (χ2n) is 7.90. The smallest absolute Gasteiger partial charge is 0.332 e. The molecule has 2 aromatic carbocycles. The highest BCUT2D eigenvalue weighted by Gasteiger charge is 2.21. The van der Waals surface area contributed by atoms with Gasteiger partial charge in [0.25, 0.3) is 5.56 Å². The molecule has 6 aromatic rings. The Labute approximate surface area is 181 Å². The summed E-state index contributed by atoms with van der Waals surface area (Å²) < 4.78 is 11.9. The molecular weight excluding hydrogens is 406 g/mol. The molecule has 158 valence electrons. The second-order valence-corrected chi connectivity index (χ2v) is 7.90. The molecule has 0 spiro atoms. The number of aryl methyl sites for hydroxylation is 1. The van der Waals surface area contributed by atoms with Crippen molar-refractivity contribution in [2.45, 2.75) is 6.54 Å². The predicted octanol–water partition coefficient (Wildman–Crippen LogP) is 3.15. The van der Waals surface area contributed by atoms with Crippen LogP contribution in [0.4, 0.5) is 0 Å². The van der Waals surface area contributed by atoms with Crippen molar-refractivity contribution in [3.63, 3.8) is 0 Å². The van der Waals surface area contributed by atoms with Gasteiger partial charge < -0.3 is 8.98 Å². The van der Waals surface area contributed by atoms with Crippen LogP contribution in [0.15, 0.2) is 81.1 Å². The van der Waals surface area contributed by atoms with Crippen LogP contribution in [0.2, 0.25) is 0 Å². The van der Waals surface area contributed by atoms with E-state index in [0.29, 0.717) is 23.5 Å². The molecule has 0 atom stereocenters. The van der Waals surface area contributed by atoms with Crippen LogP contribution in [-0.4, -0.2) is 23.1 Å². The molecule has 0 aliphatic carbocycles. The highest BCUT2D eigenvalue weighted by atomic mass is 16.3. The fourth-order valence-corrected chi connectivity index (χ4v) is 4.31. The molecule has 0 aliphatic rings. The van der Waals surface area contributed by atoms with Gasteiger partial charge in [0.05, 0.1) is 18.5 Å². The molecule has 4 aromatic heterocycles. The van der Waals surface area contributed by atoms with E-state index >= 15 is 0 Å². The highest BCUT2D eigenvalue weighted by molar-refractivity contribution is 5.87. The maximum Gasteiger partial charge on any atom is 0.332 e. The molecule has 6 rings (SSSR count). The zero-order valence-electron chi connectivity index (χ0n) is 17.5. The Morgan fingerprint density at radius 1 is 0.938 bits per heavy atom. The number of hydrogen-bond donors (Lipinski definition) is 0. The van der Waals surface area contributed by atoms with E-state index in [9.17, 15) is 9.59 Å². The number of fused-ring (bicyclic) bond motifs is 4. The predicted molar refractivity (Wildman–Crippen MR) is 122 cm³/mol. The average Bonchev–Trinajstić information content (AvgIpc) is 3.53. The van der Waals surface area contributed by atoms with Gasteiger partial charge in [-0.3, -0.25) is 18.3 Å². The summed E-state index contributed by atoms with van der Waals surface area (Å²) in [6.07, 6.45) is 3.54. The summed E-state index contributed by atoms with van der Waals surface area (Å²) in [5.74, 6) is 1.33. The maximum atomic E-state index is 13.0. The van der Waals surface area contributed by atoms with Gasteiger partial charge in [-0.25, -0.2) is 4.79 Å². The minimum absolute atomic E-state index is 0.353. The van der Waals surface area contributed by atoms with E-state index in [-0.39, 0.29) is 5.56 Å². The lowest BCUT2D eigenvalue weighted by Crippen LogP contribution is -2.37. The molecule has 0 bridgehead atoms. The lowest BCUT2D eigenvalue weighted by atomic mass is 10.1. The van der Waals surface area contributed by atoms with Gasteiger partial charge in [0.1, 0.15) is 5.76 Å². The summed E-state index contributed by atoms with van der Waals surface area (Å²) in [5, 5.41) is 2.27. The summed E-state index contributed by atoms with van der Waals surface area (Å²) in [5.41, 5.74) is 1.82. The highest BCUT2D eigenvalue weighted by Crippen LogP contribution is 2.29. The Kier molecular flexibility index (Phi) is 3.79. The first-order valence-corrected chi connectivity index (χ1v) is 10.2. The standard InChI is InChI=1S/C24H19N5O3/c1-26-21-20(22(30)27(2)24(26)31)29-14-19(17-10-9-15-6-3-4-7-16(15)12-17)28(23(29)25-21)13-18-8-5-11-32-18/h3-12,14H,13H2,1-2H3. The molecule has 0 fully saturated rings. The molecule has 32 heavy (non-hydrogen) atoms. The van der Waals surface area contributed by atoms with Crippen molar-refractivity contribution in [1.82, 2.24) is 23.1 Å². The zero-order chi connectivity index (χ0) is 22.0. The Hall–Kier alpha value is -4.33. The topological polar surface area (TPSA) is 79.4 Å². The Morgan fingerprint density at radius 3 is 2.53 bits per heavy atom. The third-order valence-corrected chi connectivity index (χ3v) is 6.00. The Bertz CT molecular complexity index is 1760. The van der Waals surface area contributed by atoms with Gasteiger partial charge in [0, 0.05) is 25.9 Å². The molecule has 0 unspecified atom stereocenters. The summed E-state index contributed by atoms with van der Waals surface area (Å²) >= 11 is 0. The molecule has 8 heteroatoms. The van der Waals surface area contributed by atoms with Crippen molar-refractivity contribution < 1.29 is 4.42 Å².